The molecule has 0 aromatic heterocycles. The predicted octanol–water partition coefficient (Wildman–Crippen LogP) is 2.40. The first-order valence-corrected chi connectivity index (χ1v) is 6.06. The molecule has 0 bridgehead atoms. The molecular weight excluding hydrogens is 259 g/mol. The zero-order valence-corrected chi connectivity index (χ0v) is 10.2. The fourth-order valence-electron chi connectivity index (χ4n) is 2.33. The third-order valence-electron chi connectivity index (χ3n) is 3.34. The highest BCUT2D eigenvalue weighted by Crippen LogP contribution is 2.21. The van der Waals surface area contributed by atoms with E-state index in [2.05, 4.69) is 0 Å². The maximum atomic E-state index is 13.5. The molecule has 19 heavy (non-hydrogen) atoms. The van der Waals surface area contributed by atoms with Gasteiger partial charge in [0.2, 0.25) is 0 Å². The first-order chi connectivity index (χ1) is 8.97. The van der Waals surface area contributed by atoms with Gasteiger partial charge in [-0.15, -0.1) is 0 Å². The SMILES string of the molecule is O=C(O)C1CCCN(Cc2cc(F)c(F)cc2F)C1. The third kappa shape index (κ3) is 3.26. The van der Waals surface area contributed by atoms with Gasteiger partial charge in [-0.1, -0.05) is 0 Å². The summed E-state index contributed by atoms with van der Waals surface area (Å²) in [5.41, 5.74) is 0.0462. The second-order valence-electron chi connectivity index (χ2n) is 4.77. The Morgan fingerprint density at radius 3 is 2.63 bits per heavy atom. The van der Waals surface area contributed by atoms with E-state index in [9.17, 15) is 18.0 Å². The van der Waals surface area contributed by atoms with Crippen LogP contribution in [0.3, 0.4) is 0 Å². The number of halogens is 3. The summed E-state index contributed by atoms with van der Waals surface area (Å²) in [6.07, 6.45) is 1.29. The Balaban J connectivity index is 2.08. The lowest BCUT2D eigenvalue weighted by Crippen LogP contribution is -2.38. The molecule has 1 heterocycles. The molecule has 1 fully saturated rings. The van der Waals surface area contributed by atoms with Gasteiger partial charge >= 0.3 is 5.97 Å². The highest BCUT2D eigenvalue weighted by Gasteiger charge is 2.26. The van der Waals surface area contributed by atoms with Crippen LogP contribution in [0.25, 0.3) is 0 Å². The van der Waals surface area contributed by atoms with E-state index in [4.69, 9.17) is 5.11 Å². The molecule has 1 aromatic carbocycles. The smallest absolute Gasteiger partial charge is 0.307 e. The van der Waals surface area contributed by atoms with Gasteiger partial charge in [-0.3, -0.25) is 9.69 Å². The second kappa shape index (κ2) is 5.61. The first kappa shape index (κ1) is 13.9. The molecule has 0 spiro atoms. The summed E-state index contributed by atoms with van der Waals surface area (Å²) >= 11 is 0. The Kier molecular flexibility index (Phi) is 4.09. The van der Waals surface area contributed by atoms with Crippen LogP contribution in [0.4, 0.5) is 13.2 Å². The van der Waals surface area contributed by atoms with Gasteiger partial charge in [0.05, 0.1) is 5.92 Å². The topological polar surface area (TPSA) is 40.5 Å². The van der Waals surface area contributed by atoms with Crippen molar-refractivity contribution in [2.75, 3.05) is 13.1 Å². The van der Waals surface area contributed by atoms with Crippen LogP contribution < -0.4 is 0 Å². The Morgan fingerprint density at radius 1 is 1.26 bits per heavy atom. The number of hydrogen-bond donors (Lipinski definition) is 1. The molecule has 0 saturated carbocycles. The Hall–Kier alpha value is -1.56. The van der Waals surface area contributed by atoms with Crippen LogP contribution in [-0.2, 0) is 11.3 Å². The molecule has 0 aliphatic carbocycles. The minimum Gasteiger partial charge on any atom is -0.481 e. The van der Waals surface area contributed by atoms with Crippen molar-refractivity contribution >= 4 is 5.97 Å². The molecule has 104 valence electrons. The molecule has 6 heteroatoms. The van der Waals surface area contributed by atoms with Gasteiger partial charge in [-0.05, 0) is 25.5 Å². The van der Waals surface area contributed by atoms with Crippen molar-refractivity contribution in [3.05, 3.63) is 35.1 Å². The highest BCUT2D eigenvalue weighted by molar-refractivity contribution is 5.70. The molecule has 1 aliphatic heterocycles. The van der Waals surface area contributed by atoms with E-state index in [-0.39, 0.29) is 12.1 Å². The lowest BCUT2D eigenvalue weighted by molar-refractivity contribution is -0.143. The number of carbonyl (C=O) groups is 1. The first-order valence-electron chi connectivity index (χ1n) is 6.06. The summed E-state index contributed by atoms with van der Waals surface area (Å²) in [5, 5.41) is 8.95. The molecule has 0 radical (unpaired) electrons. The number of likely N-dealkylation sites (tertiary alicyclic amines) is 1. The van der Waals surface area contributed by atoms with Gasteiger partial charge in [-0.2, -0.15) is 0 Å². The summed E-state index contributed by atoms with van der Waals surface area (Å²) in [5.74, 6) is -4.49. The van der Waals surface area contributed by atoms with Crippen LogP contribution in [0.5, 0.6) is 0 Å². The van der Waals surface area contributed by atoms with E-state index in [1.54, 1.807) is 4.90 Å². The minimum absolute atomic E-state index is 0.0462. The quantitative estimate of drug-likeness (QED) is 0.860. The van der Waals surface area contributed by atoms with Gasteiger partial charge in [0.25, 0.3) is 0 Å². The fourth-order valence-corrected chi connectivity index (χ4v) is 2.33. The standard InChI is InChI=1S/C13H14F3NO2/c14-10-5-12(16)11(15)4-9(10)7-17-3-1-2-8(6-17)13(18)19/h4-5,8H,1-3,6-7H2,(H,18,19). The van der Waals surface area contributed by atoms with Crippen LogP contribution in [0.15, 0.2) is 12.1 Å². The maximum Gasteiger partial charge on any atom is 0.307 e. The average Bonchev–Trinajstić information content (AvgIpc) is 2.36. The monoisotopic (exact) mass is 273 g/mol. The van der Waals surface area contributed by atoms with Crippen molar-refractivity contribution in [1.82, 2.24) is 4.90 Å². The number of carboxylic acids is 1. The zero-order chi connectivity index (χ0) is 14.0. The summed E-state index contributed by atoms with van der Waals surface area (Å²) in [6.45, 7) is 1.02. The summed E-state index contributed by atoms with van der Waals surface area (Å²) in [4.78, 5) is 12.7. The van der Waals surface area contributed by atoms with Crippen LogP contribution in [0, 0.1) is 23.4 Å². The molecule has 2 rings (SSSR count). The van der Waals surface area contributed by atoms with Crippen molar-refractivity contribution in [3.63, 3.8) is 0 Å². The van der Waals surface area contributed by atoms with Crippen LogP contribution >= 0.6 is 0 Å². The highest BCUT2D eigenvalue weighted by atomic mass is 19.2. The molecule has 1 N–H and O–H groups in total. The molecule has 1 aliphatic rings. The number of rotatable bonds is 3. The van der Waals surface area contributed by atoms with Gasteiger partial charge in [-0.25, -0.2) is 13.2 Å². The van der Waals surface area contributed by atoms with E-state index < -0.39 is 29.3 Å². The predicted molar refractivity (Wildman–Crippen MR) is 62.0 cm³/mol. The van der Waals surface area contributed by atoms with Gasteiger partial charge < -0.3 is 5.11 Å². The molecule has 3 nitrogen and oxygen atoms in total. The van der Waals surface area contributed by atoms with Gasteiger partial charge in [0.15, 0.2) is 11.6 Å². The van der Waals surface area contributed by atoms with Crippen LogP contribution in [-0.4, -0.2) is 29.1 Å². The second-order valence-corrected chi connectivity index (χ2v) is 4.77. The van der Waals surface area contributed by atoms with Crippen molar-refractivity contribution in [2.45, 2.75) is 19.4 Å². The molecule has 1 unspecified atom stereocenters. The van der Waals surface area contributed by atoms with E-state index in [1.807, 2.05) is 0 Å². The number of piperidine rings is 1. The summed E-state index contributed by atoms with van der Waals surface area (Å²) < 4.78 is 39.4. The molecular formula is C13H14F3NO2. The average molecular weight is 273 g/mol. The van der Waals surface area contributed by atoms with Gasteiger partial charge in [0, 0.05) is 24.7 Å². The van der Waals surface area contributed by atoms with Crippen molar-refractivity contribution in [3.8, 4) is 0 Å². The Labute approximate surface area is 108 Å². The zero-order valence-electron chi connectivity index (χ0n) is 10.2. The number of carboxylic acid groups (broad SMARTS) is 1. The fraction of sp³-hybridized carbons (Fsp3) is 0.462. The molecule has 1 aromatic rings. The third-order valence-corrected chi connectivity index (χ3v) is 3.34. The Morgan fingerprint density at radius 2 is 1.95 bits per heavy atom. The van der Waals surface area contributed by atoms with E-state index in [0.717, 1.165) is 6.07 Å². The van der Waals surface area contributed by atoms with Crippen molar-refractivity contribution in [1.29, 1.82) is 0 Å². The van der Waals surface area contributed by atoms with Crippen molar-refractivity contribution < 1.29 is 23.1 Å². The van der Waals surface area contributed by atoms with Gasteiger partial charge in [0.1, 0.15) is 5.82 Å². The maximum absolute atomic E-state index is 13.5. The van der Waals surface area contributed by atoms with E-state index in [1.165, 1.54) is 0 Å². The lowest BCUT2D eigenvalue weighted by atomic mass is 9.98. The van der Waals surface area contributed by atoms with E-state index >= 15 is 0 Å². The number of benzene rings is 1. The number of hydrogen-bond acceptors (Lipinski definition) is 2. The molecule has 1 saturated heterocycles. The van der Waals surface area contributed by atoms with Crippen LogP contribution in [0.2, 0.25) is 0 Å². The lowest BCUT2D eigenvalue weighted by Gasteiger charge is -2.30. The summed E-state index contributed by atoms with van der Waals surface area (Å²) in [6, 6.07) is 1.35. The van der Waals surface area contributed by atoms with Crippen molar-refractivity contribution in [2.24, 2.45) is 5.92 Å². The molecule has 0 amide bonds. The number of nitrogens with zero attached hydrogens (tertiary/aromatic N) is 1. The largest absolute Gasteiger partial charge is 0.481 e. The molecule has 1 atom stereocenters. The normalized spacial score (nSPS) is 20.5. The number of aliphatic carboxylic acids is 1. The summed E-state index contributed by atoms with van der Waals surface area (Å²) in [7, 11) is 0. The van der Waals surface area contributed by atoms with Crippen LogP contribution in [0.1, 0.15) is 18.4 Å². The Bertz CT molecular complexity index is 493. The van der Waals surface area contributed by atoms with E-state index in [0.29, 0.717) is 32.0 Å². The minimum atomic E-state index is -1.22.